The number of likely N-dealkylation sites (tertiary alicyclic amines) is 1. The van der Waals surface area contributed by atoms with E-state index in [0.717, 1.165) is 10.5 Å². The van der Waals surface area contributed by atoms with Crippen molar-refractivity contribution in [2.45, 2.75) is 49.3 Å². The fraction of sp³-hybridized carbons (Fsp3) is 0.417. The van der Waals surface area contributed by atoms with Gasteiger partial charge in [0.1, 0.15) is 17.8 Å². The molecule has 2 saturated heterocycles. The van der Waals surface area contributed by atoms with Gasteiger partial charge in [-0.1, -0.05) is 13.3 Å². The molecule has 3 heterocycles. The Labute approximate surface area is 209 Å². The lowest BCUT2D eigenvalue weighted by Crippen LogP contribution is -2.52. The zero-order valence-electron chi connectivity index (χ0n) is 20.0. The molecule has 2 aliphatic heterocycles. The molecule has 36 heavy (non-hydrogen) atoms. The summed E-state index contributed by atoms with van der Waals surface area (Å²) in [4.78, 5) is 40.6. The predicted molar refractivity (Wildman–Crippen MR) is 127 cm³/mol. The summed E-state index contributed by atoms with van der Waals surface area (Å²) in [6, 6.07) is 7.87. The quantitative estimate of drug-likeness (QED) is 0.397. The first kappa shape index (κ1) is 25.6. The number of nitrogens with zero attached hydrogens (tertiary/aromatic N) is 3. The topological polar surface area (TPSA) is 140 Å². The molecule has 0 aliphatic carbocycles. The van der Waals surface area contributed by atoms with Gasteiger partial charge in [0.05, 0.1) is 19.7 Å². The average Bonchev–Trinajstić information content (AvgIpc) is 3.45. The number of carbonyl (C=O) groups excluding carboxylic acids is 3. The average molecular weight is 517 g/mol. The number of carbonyl (C=O) groups is 3. The Hall–Kier alpha value is -3.51. The van der Waals surface area contributed by atoms with E-state index in [9.17, 15) is 28.0 Å². The molecular weight excluding hydrogens is 488 g/mol. The van der Waals surface area contributed by atoms with Crippen LogP contribution in [0.4, 0.5) is 0 Å². The Morgan fingerprint density at radius 2 is 1.94 bits per heavy atom. The fourth-order valence-electron chi connectivity index (χ4n) is 4.80. The number of amides is 2. The molecule has 0 radical (unpaired) electrons. The molecule has 11 nitrogen and oxygen atoms in total. The number of methoxy groups -OCH3 is 1. The molecule has 0 bridgehead atoms. The Bertz CT molecular complexity index is 1270. The maximum Gasteiger partial charge on any atom is 0.323 e. The van der Waals surface area contributed by atoms with Crippen molar-refractivity contribution in [3.05, 3.63) is 59.4 Å². The van der Waals surface area contributed by atoms with E-state index < -0.39 is 57.3 Å². The van der Waals surface area contributed by atoms with Gasteiger partial charge in [-0.2, -0.15) is 9.04 Å². The molecule has 12 heteroatoms. The molecule has 2 aromatic rings. The third-order valence-electron chi connectivity index (χ3n) is 6.56. The molecular formula is C24H28N4O7S. The van der Waals surface area contributed by atoms with Crippen LogP contribution in [0.5, 0.6) is 5.75 Å². The summed E-state index contributed by atoms with van der Waals surface area (Å²) in [5.74, 6) is -0.698. The summed E-state index contributed by atoms with van der Waals surface area (Å²) in [7, 11) is -2.73. The largest absolute Gasteiger partial charge is 0.618 e. The highest BCUT2D eigenvalue weighted by atomic mass is 32.2. The van der Waals surface area contributed by atoms with Crippen LogP contribution >= 0.6 is 0 Å². The molecule has 3 unspecified atom stereocenters. The van der Waals surface area contributed by atoms with E-state index in [1.807, 2.05) is 6.92 Å². The van der Waals surface area contributed by atoms with Crippen LogP contribution < -0.4 is 14.8 Å². The number of nitrogens with one attached hydrogen (secondary N) is 1. The zero-order chi connectivity index (χ0) is 26.0. The van der Waals surface area contributed by atoms with Gasteiger partial charge >= 0.3 is 15.0 Å². The summed E-state index contributed by atoms with van der Waals surface area (Å²) in [5, 5.41) is 14.4. The van der Waals surface area contributed by atoms with Gasteiger partial charge < -0.3 is 20.2 Å². The van der Waals surface area contributed by atoms with Crippen LogP contribution in [-0.2, 0) is 19.6 Å². The Balaban J connectivity index is 1.53. The van der Waals surface area contributed by atoms with Crippen molar-refractivity contribution >= 4 is 27.6 Å². The van der Waals surface area contributed by atoms with Gasteiger partial charge in [-0.3, -0.25) is 14.4 Å². The normalized spacial score (nSPS) is 20.7. The molecule has 2 amide bonds. The third-order valence-corrected chi connectivity index (χ3v) is 8.42. The second-order valence-corrected chi connectivity index (χ2v) is 10.6. The first-order chi connectivity index (χ1) is 17.2. The van der Waals surface area contributed by atoms with E-state index in [1.165, 1.54) is 30.2 Å². The number of ketones is 1. The molecule has 192 valence electrons. The predicted octanol–water partition coefficient (Wildman–Crippen LogP) is 0.470. The van der Waals surface area contributed by atoms with Gasteiger partial charge in [0.2, 0.25) is 5.91 Å². The van der Waals surface area contributed by atoms with Crippen LogP contribution in [0.1, 0.15) is 36.5 Å². The summed E-state index contributed by atoms with van der Waals surface area (Å²) in [6.45, 7) is 1.61. The number of Topliss-reactive ketones (excluding diaryl/α,β-unsaturated/α-hetero) is 1. The zero-order valence-corrected chi connectivity index (χ0v) is 20.8. The van der Waals surface area contributed by atoms with Crippen molar-refractivity contribution in [2.75, 3.05) is 20.2 Å². The number of hydrogen-bond donors (Lipinski definition) is 1. The second kappa shape index (κ2) is 10.2. The molecule has 3 atom stereocenters. The first-order valence-corrected chi connectivity index (χ1v) is 13.1. The highest BCUT2D eigenvalue weighted by Crippen LogP contribution is 2.34. The van der Waals surface area contributed by atoms with Crippen molar-refractivity contribution in [3.63, 3.8) is 0 Å². The number of sulfonamides is 1. The highest BCUT2D eigenvalue weighted by molar-refractivity contribution is 7.89. The number of ether oxygens (including phenoxy) is 1. The summed E-state index contributed by atoms with van der Waals surface area (Å²) >= 11 is 0. The Morgan fingerprint density at radius 1 is 1.22 bits per heavy atom. The minimum Gasteiger partial charge on any atom is -0.618 e. The van der Waals surface area contributed by atoms with Crippen LogP contribution in [0.3, 0.4) is 0 Å². The van der Waals surface area contributed by atoms with Gasteiger partial charge in [-0.05, 0) is 43.2 Å². The maximum atomic E-state index is 13.5. The van der Waals surface area contributed by atoms with Crippen molar-refractivity contribution in [1.29, 1.82) is 0 Å². The van der Waals surface area contributed by atoms with E-state index in [0.29, 0.717) is 24.2 Å². The molecule has 0 spiro atoms. The van der Waals surface area contributed by atoms with E-state index in [4.69, 9.17) is 4.74 Å². The SMILES string of the molecule is CCCC(NC(=O)c1ccc(OC)cc1)C(=O)N1CCC2C1C(=O)CN2S(=O)(=O)c1cccc[n+]1[O-]. The number of hydrogen-bond acceptors (Lipinski definition) is 7. The van der Waals surface area contributed by atoms with Crippen molar-refractivity contribution in [1.82, 2.24) is 14.5 Å². The van der Waals surface area contributed by atoms with Crippen LogP contribution in [0.15, 0.2) is 53.7 Å². The van der Waals surface area contributed by atoms with Crippen LogP contribution in [0.25, 0.3) is 0 Å². The lowest BCUT2D eigenvalue weighted by Gasteiger charge is -2.28. The minimum atomic E-state index is -4.25. The number of rotatable bonds is 8. The molecule has 0 saturated carbocycles. The summed E-state index contributed by atoms with van der Waals surface area (Å²) < 4.78 is 32.7. The highest BCUT2D eigenvalue weighted by Gasteiger charge is 2.55. The molecule has 1 N–H and O–H groups in total. The monoisotopic (exact) mass is 516 g/mol. The van der Waals surface area contributed by atoms with E-state index >= 15 is 0 Å². The minimum absolute atomic E-state index is 0.163. The number of fused-ring (bicyclic) bond motifs is 1. The molecule has 1 aromatic heterocycles. The van der Waals surface area contributed by atoms with Gasteiger partial charge in [-0.25, -0.2) is 8.42 Å². The van der Waals surface area contributed by atoms with Crippen LogP contribution in [0, 0.1) is 5.21 Å². The van der Waals surface area contributed by atoms with Crippen LogP contribution in [-0.4, -0.2) is 73.5 Å². The second-order valence-electron chi connectivity index (χ2n) is 8.76. The molecule has 4 rings (SSSR count). The van der Waals surface area contributed by atoms with Crippen LogP contribution in [0.2, 0.25) is 0 Å². The van der Waals surface area contributed by atoms with E-state index in [1.54, 1.807) is 24.3 Å². The van der Waals surface area contributed by atoms with Crippen molar-refractivity contribution < 1.29 is 32.3 Å². The number of benzene rings is 1. The van der Waals surface area contributed by atoms with Gasteiger partial charge in [0.15, 0.2) is 12.0 Å². The fourth-order valence-corrected chi connectivity index (χ4v) is 6.46. The summed E-state index contributed by atoms with van der Waals surface area (Å²) in [6.07, 6.45) is 2.28. The first-order valence-electron chi connectivity index (χ1n) is 11.7. The molecule has 2 fully saturated rings. The van der Waals surface area contributed by atoms with Crippen molar-refractivity contribution in [2.24, 2.45) is 0 Å². The summed E-state index contributed by atoms with van der Waals surface area (Å²) in [5.41, 5.74) is 0.354. The lowest BCUT2D eigenvalue weighted by molar-refractivity contribution is -0.646. The lowest BCUT2D eigenvalue weighted by atomic mass is 10.1. The Kier molecular flexibility index (Phi) is 7.27. The number of pyridine rings is 1. The molecule has 1 aromatic carbocycles. The third kappa shape index (κ3) is 4.65. The van der Waals surface area contributed by atoms with Crippen molar-refractivity contribution in [3.8, 4) is 5.75 Å². The molecule has 2 aliphatic rings. The number of aromatic nitrogens is 1. The van der Waals surface area contributed by atoms with Gasteiger partial charge in [0.25, 0.3) is 5.91 Å². The van der Waals surface area contributed by atoms with Gasteiger partial charge in [0, 0.05) is 24.2 Å². The smallest absolute Gasteiger partial charge is 0.323 e. The maximum absolute atomic E-state index is 13.5. The Morgan fingerprint density at radius 3 is 2.58 bits per heavy atom. The van der Waals surface area contributed by atoms with E-state index in [-0.39, 0.29) is 17.7 Å². The standard InChI is InChI=1S/C24H28N4O7S/c1-3-6-18(25-23(30)16-8-10-17(35-2)11-9-16)24(31)26-14-12-19-22(26)20(29)15-28(19)36(33,34)21-7-4-5-13-27(21)32/h4-5,7-11,13,18-19,22H,3,6,12,14-15H2,1-2H3,(H,25,30). The van der Waals surface area contributed by atoms with Gasteiger partial charge in [-0.15, -0.1) is 0 Å². The van der Waals surface area contributed by atoms with E-state index in [2.05, 4.69) is 5.32 Å².